The molecule has 1 unspecified atom stereocenters. The molecule has 31 heavy (non-hydrogen) atoms. The zero-order chi connectivity index (χ0) is 23.5. The zero-order valence-corrected chi connectivity index (χ0v) is 23.0. The van der Waals surface area contributed by atoms with Gasteiger partial charge in [-0.25, -0.2) is 0 Å². The predicted molar refractivity (Wildman–Crippen MR) is 138 cm³/mol. The van der Waals surface area contributed by atoms with Crippen LogP contribution in [0.1, 0.15) is 127 Å². The molecule has 2 fully saturated rings. The minimum Gasteiger partial charge on any atom is -0.307 e. The second-order valence-corrected chi connectivity index (χ2v) is 13.8. The van der Waals surface area contributed by atoms with Crippen LogP contribution in [0.3, 0.4) is 0 Å². The van der Waals surface area contributed by atoms with Gasteiger partial charge in [-0.05, 0) is 112 Å². The summed E-state index contributed by atoms with van der Waals surface area (Å²) in [6, 6.07) is 0.725. The first-order chi connectivity index (χ1) is 14.1. The molecule has 0 aromatic heterocycles. The molecule has 0 aromatic carbocycles. The molecule has 184 valence electrons. The monoisotopic (exact) mass is 435 g/mol. The molecule has 0 radical (unpaired) electrons. The minimum atomic E-state index is 0.244. The molecule has 2 aliphatic rings. The molecular formula is C28H57N3. The maximum atomic E-state index is 3.85. The number of hydrogen-bond donors (Lipinski definition) is 2. The highest BCUT2D eigenvalue weighted by atomic mass is 15.2. The molecule has 0 bridgehead atoms. The predicted octanol–water partition coefficient (Wildman–Crippen LogP) is 6.76. The van der Waals surface area contributed by atoms with E-state index in [-0.39, 0.29) is 22.2 Å². The molecule has 2 rings (SSSR count). The van der Waals surface area contributed by atoms with Crippen LogP contribution in [0.4, 0.5) is 0 Å². The lowest BCUT2D eigenvalue weighted by Crippen LogP contribution is -2.62. The van der Waals surface area contributed by atoms with Gasteiger partial charge in [0, 0.05) is 28.2 Å². The number of rotatable bonds is 10. The van der Waals surface area contributed by atoms with E-state index in [1.807, 2.05) is 0 Å². The molecule has 2 saturated heterocycles. The van der Waals surface area contributed by atoms with Crippen LogP contribution in [0.15, 0.2) is 0 Å². The third kappa shape index (κ3) is 8.97. The van der Waals surface area contributed by atoms with Gasteiger partial charge < -0.3 is 15.5 Å². The molecule has 1 atom stereocenters. The largest absolute Gasteiger partial charge is 0.307 e. The van der Waals surface area contributed by atoms with Gasteiger partial charge in [0.15, 0.2) is 0 Å². The first kappa shape index (κ1) is 27.1. The van der Waals surface area contributed by atoms with Crippen LogP contribution < -0.4 is 10.6 Å². The van der Waals surface area contributed by atoms with Gasteiger partial charge in [-0.2, -0.15) is 0 Å². The van der Waals surface area contributed by atoms with Crippen molar-refractivity contribution in [3.63, 3.8) is 0 Å². The third-order valence-corrected chi connectivity index (χ3v) is 7.97. The summed E-state index contributed by atoms with van der Waals surface area (Å²) in [5.41, 5.74) is 1.05. The Morgan fingerprint density at radius 3 is 1.65 bits per heavy atom. The highest BCUT2D eigenvalue weighted by Gasteiger charge is 2.40. The van der Waals surface area contributed by atoms with Crippen LogP contribution in [0.25, 0.3) is 0 Å². The minimum absolute atomic E-state index is 0.244. The third-order valence-electron chi connectivity index (χ3n) is 7.97. The first-order valence-corrected chi connectivity index (χ1v) is 13.5. The number of piperidine rings is 2. The van der Waals surface area contributed by atoms with Crippen LogP contribution in [0.2, 0.25) is 0 Å². The van der Waals surface area contributed by atoms with Crippen molar-refractivity contribution in [2.24, 2.45) is 11.8 Å². The lowest BCUT2D eigenvalue weighted by Gasteiger charge is -2.49. The Labute approximate surface area is 195 Å². The first-order valence-electron chi connectivity index (χ1n) is 13.5. The van der Waals surface area contributed by atoms with Crippen molar-refractivity contribution in [1.29, 1.82) is 0 Å². The van der Waals surface area contributed by atoms with E-state index in [0.29, 0.717) is 0 Å². The van der Waals surface area contributed by atoms with Gasteiger partial charge in [-0.3, -0.25) is 0 Å². The topological polar surface area (TPSA) is 27.3 Å². The molecule has 0 aliphatic carbocycles. The number of unbranched alkanes of at least 4 members (excludes halogenated alkanes) is 3. The molecule has 3 nitrogen and oxygen atoms in total. The molecule has 2 N–H and O–H groups in total. The van der Waals surface area contributed by atoms with Crippen molar-refractivity contribution in [2.75, 3.05) is 13.1 Å². The van der Waals surface area contributed by atoms with Crippen molar-refractivity contribution in [2.45, 2.75) is 155 Å². The Morgan fingerprint density at radius 1 is 0.710 bits per heavy atom. The summed E-state index contributed by atoms with van der Waals surface area (Å²) < 4.78 is 0. The fraction of sp³-hybridized carbons (Fsp3) is 1.00. The Morgan fingerprint density at radius 2 is 1.16 bits per heavy atom. The normalized spacial score (nSPS) is 26.8. The lowest BCUT2D eigenvalue weighted by molar-refractivity contribution is 0.0680. The second kappa shape index (κ2) is 10.4. The molecule has 3 heteroatoms. The van der Waals surface area contributed by atoms with E-state index in [9.17, 15) is 0 Å². The fourth-order valence-electron chi connectivity index (χ4n) is 7.30. The second-order valence-electron chi connectivity index (χ2n) is 13.8. The Balaban J connectivity index is 1.69. The van der Waals surface area contributed by atoms with Crippen LogP contribution in [0, 0.1) is 11.8 Å². The highest BCUT2D eigenvalue weighted by Crippen LogP contribution is 2.38. The van der Waals surface area contributed by atoms with Crippen molar-refractivity contribution in [3.8, 4) is 0 Å². The van der Waals surface area contributed by atoms with E-state index >= 15 is 0 Å². The van der Waals surface area contributed by atoms with Gasteiger partial charge in [0.1, 0.15) is 0 Å². The quantitative estimate of drug-likeness (QED) is 0.371. The van der Waals surface area contributed by atoms with Crippen LogP contribution in [-0.4, -0.2) is 46.2 Å². The smallest absolute Gasteiger partial charge is 0.0145 e. The summed E-state index contributed by atoms with van der Waals surface area (Å²) >= 11 is 0. The number of nitrogens with one attached hydrogen (secondary N) is 2. The number of nitrogens with zero attached hydrogens (tertiary/aromatic N) is 1. The maximum absolute atomic E-state index is 3.85. The molecule has 0 amide bonds. The van der Waals surface area contributed by atoms with Gasteiger partial charge in [0.05, 0.1) is 0 Å². The summed E-state index contributed by atoms with van der Waals surface area (Å²) in [6.45, 7) is 26.4. The maximum Gasteiger partial charge on any atom is 0.0145 e. The summed E-state index contributed by atoms with van der Waals surface area (Å²) in [5, 5.41) is 7.69. The average Bonchev–Trinajstić information content (AvgIpc) is 2.55. The molecule has 2 aliphatic heterocycles. The fourth-order valence-corrected chi connectivity index (χ4v) is 7.30. The highest BCUT2D eigenvalue weighted by molar-refractivity contribution is 5.00. The van der Waals surface area contributed by atoms with Crippen LogP contribution >= 0.6 is 0 Å². The van der Waals surface area contributed by atoms with E-state index in [1.165, 1.54) is 70.9 Å². The van der Waals surface area contributed by atoms with Crippen molar-refractivity contribution in [1.82, 2.24) is 15.5 Å². The Hall–Kier alpha value is -0.120. The van der Waals surface area contributed by atoms with Gasteiger partial charge >= 0.3 is 0 Å². The molecule has 0 aromatic rings. The molecular weight excluding hydrogens is 378 g/mol. The van der Waals surface area contributed by atoms with Crippen molar-refractivity contribution in [3.05, 3.63) is 0 Å². The van der Waals surface area contributed by atoms with Crippen LogP contribution in [-0.2, 0) is 0 Å². The molecule has 0 spiro atoms. The Bertz CT molecular complexity index is 516. The van der Waals surface area contributed by atoms with Gasteiger partial charge in [0.25, 0.3) is 0 Å². The number of hydrogen-bond acceptors (Lipinski definition) is 3. The average molecular weight is 436 g/mol. The summed E-state index contributed by atoms with van der Waals surface area (Å²) in [7, 11) is 0. The van der Waals surface area contributed by atoms with Crippen molar-refractivity contribution >= 4 is 0 Å². The summed E-state index contributed by atoms with van der Waals surface area (Å²) in [4.78, 5) is 2.77. The van der Waals surface area contributed by atoms with Gasteiger partial charge in [0.2, 0.25) is 0 Å². The summed E-state index contributed by atoms with van der Waals surface area (Å²) in [5.74, 6) is 1.72. The van der Waals surface area contributed by atoms with E-state index in [1.54, 1.807) is 0 Å². The Kier molecular flexibility index (Phi) is 9.13. The van der Waals surface area contributed by atoms with Crippen LogP contribution in [0.5, 0.6) is 0 Å². The van der Waals surface area contributed by atoms with E-state index in [0.717, 1.165) is 17.9 Å². The van der Waals surface area contributed by atoms with E-state index in [2.05, 4.69) is 84.8 Å². The molecule has 2 heterocycles. The van der Waals surface area contributed by atoms with Gasteiger partial charge in [-0.15, -0.1) is 0 Å². The van der Waals surface area contributed by atoms with Gasteiger partial charge in [-0.1, -0.05) is 39.5 Å². The zero-order valence-electron chi connectivity index (χ0n) is 23.0. The summed E-state index contributed by atoms with van der Waals surface area (Å²) in [6.07, 6.45) is 12.2. The molecule has 0 saturated carbocycles. The standard InChI is InChI=1S/C28H57N3/c1-11-31(24-20-27(7,8)30-28(9,10)21-24)17-15-13-12-14-16-22(2)23-18-25(3,4)29-26(5,6)19-23/h22-24,29-30H,11-21H2,1-10H3. The van der Waals surface area contributed by atoms with E-state index in [4.69, 9.17) is 0 Å². The SMILES string of the molecule is CCN(CCCCCCC(C)C1CC(C)(C)NC(C)(C)C1)C1CC(C)(C)NC(C)(C)C1. The van der Waals surface area contributed by atoms with E-state index < -0.39 is 0 Å². The van der Waals surface area contributed by atoms with Crippen molar-refractivity contribution < 1.29 is 0 Å². The lowest BCUT2D eigenvalue weighted by atomic mass is 9.70.